The van der Waals surface area contributed by atoms with Crippen LogP contribution in [0.25, 0.3) is 0 Å². The van der Waals surface area contributed by atoms with Gasteiger partial charge in [-0.15, -0.1) is 0 Å². The van der Waals surface area contributed by atoms with Crippen LogP contribution < -0.4 is 0 Å². The Morgan fingerprint density at radius 1 is 1.70 bits per heavy atom. The summed E-state index contributed by atoms with van der Waals surface area (Å²) in [5.74, 6) is 0. The van der Waals surface area contributed by atoms with E-state index in [4.69, 9.17) is 9.84 Å². The molecular formula is C7H14O3. The predicted molar refractivity (Wildman–Crippen MR) is 37.8 cm³/mol. The van der Waals surface area contributed by atoms with Gasteiger partial charge >= 0.3 is 0 Å². The van der Waals surface area contributed by atoms with Crippen molar-refractivity contribution in [2.45, 2.75) is 25.4 Å². The summed E-state index contributed by atoms with van der Waals surface area (Å²) in [6, 6.07) is 0. The van der Waals surface area contributed by atoms with Crippen molar-refractivity contribution in [1.29, 1.82) is 0 Å². The molecule has 0 radical (unpaired) electrons. The summed E-state index contributed by atoms with van der Waals surface area (Å²) < 4.78 is 5.00. The lowest BCUT2D eigenvalue weighted by Gasteiger charge is -2.26. The molecule has 0 aromatic heterocycles. The number of methoxy groups -OCH3 is 1. The molecule has 0 aliphatic rings. The van der Waals surface area contributed by atoms with Crippen molar-refractivity contribution >= 4 is 6.29 Å². The average molecular weight is 146 g/mol. The number of aliphatic hydroxyl groups is 1. The summed E-state index contributed by atoms with van der Waals surface area (Å²) in [6.07, 6.45) is 1.68. The Hall–Kier alpha value is -0.410. The summed E-state index contributed by atoms with van der Waals surface area (Å²) in [4.78, 5) is 10.1. The van der Waals surface area contributed by atoms with Crippen molar-refractivity contribution in [3.8, 4) is 0 Å². The van der Waals surface area contributed by atoms with E-state index in [2.05, 4.69) is 0 Å². The Kier molecular flexibility index (Phi) is 4.23. The number of rotatable bonds is 5. The summed E-state index contributed by atoms with van der Waals surface area (Å²) >= 11 is 0. The van der Waals surface area contributed by atoms with Crippen molar-refractivity contribution in [2.24, 2.45) is 0 Å². The van der Waals surface area contributed by atoms with Crippen molar-refractivity contribution < 1.29 is 14.6 Å². The second-order valence-electron chi connectivity index (χ2n) is 2.27. The minimum Gasteiger partial charge on any atom is -0.393 e. The number of carbonyl (C=O) groups is 1. The molecule has 0 bridgehead atoms. The summed E-state index contributed by atoms with van der Waals surface area (Å²) in [6.45, 7) is 1.78. The highest BCUT2D eigenvalue weighted by Crippen LogP contribution is 2.16. The molecule has 0 aliphatic heterocycles. The summed E-state index contributed by atoms with van der Waals surface area (Å²) in [7, 11) is 1.50. The molecule has 1 atom stereocenters. The van der Waals surface area contributed by atoms with Gasteiger partial charge in [0, 0.05) is 13.5 Å². The number of carbonyl (C=O) groups excluding carboxylic acids is 1. The van der Waals surface area contributed by atoms with Crippen LogP contribution in [0.15, 0.2) is 0 Å². The monoisotopic (exact) mass is 146 g/mol. The number of aliphatic hydroxyl groups excluding tert-OH is 1. The maximum Gasteiger partial charge on any atom is 0.122 e. The molecule has 0 fully saturated rings. The molecular weight excluding hydrogens is 132 g/mol. The van der Waals surface area contributed by atoms with E-state index in [9.17, 15) is 4.79 Å². The van der Waals surface area contributed by atoms with Gasteiger partial charge in [0.05, 0.1) is 12.2 Å². The zero-order valence-corrected chi connectivity index (χ0v) is 6.46. The van der Waals surface area contributed by atoms with Crippen LogP contribution in [0.1, 0.15) is 19.8 Å². The van der Waals surface area contributed by atoms with Crippen LogP contribution in [-0.2, 0) is 9.53 Å². The van der Waals surface area contributed by atoms with Gasteiger partial charge in [-0.2, -0.15) is 0 Å². The van der Waals surface area contributed by atoms with Crippen molar-refractivity contribution in [2.75, 3.05) is 13.7 Å². The Balaban J connectivity index is 4.00. The highest BCUT2D eigenvalue weighted by molar-refractivity contribution is 5.51. The van der Waals surface area contributed by atoms with Gasteiger partial charge in [-0.05, 0) is 6.42 Å². The fourth-order valence-electron chi connectivity index (χ4n) is 0.765. The third-order valence-corrected chi connectivity index (χ3v) is 1.82. The molecule has 60 valence electrons. The zero-order valence-electron chi connectivity index (χ0n) is 6.46. The number of hydrogen-bond acceptors (Lipinski definition) is 3. The fraction of sp³-hybridized carbons (Fsp3) is 0.857. The van der Waals surface area contributed by atoms with Gasteiger partial charge in [-0.3, -0.25) is 0 Å². The lowest BCUT2D eigenvalue weighted by atomic mass is 9.98. The molecule has 0 heterocycles. The van der Waals surface area contributed by atoms with E-state index in [0.29, 0.717) is 6.42 Å². The van der Waals surface area contributed by atoms with Gasteiger partial charge in [-0.25, -0.2) is 0 Å². The number of aldehydes is 1. The normalized spacial score (nSPS) is 16.3. The van der Waals surface area contributed by atoms with E-state index in [1.54, 1.807) is 0 Å². The molecule has 0 saturated carbocycles. The smallest absolute Gasteiger partial charge is 0.122 e. The molecule has 0 spiro atoms. The van der Waals surface area contributed by atoms with Crippen LogP contribution in [0.5, 0.6) is 0 Å². The Morgan fingerprint density at radius 2 is 2.30 bits per heavy atom. The van der Waals surface area contributed by atoms with E-state index in [1.165, 1.54) is 7.11 Å². The topological polar surface area (TPSA) is 46.5 Å². The second-order valence-corrected chi connectivity index (χ2v) is 2.27. The third-order valence-electron chi connectivity index (χ3n) is 1.82. The van der Waals surface area contributed by atoms with Gasteiger partial charge in [0.1, 0.15) is 6.29 Å². The van der Waals surface area contributed by atoms with Gasteiger partial charge in [-0.1, -0.05) is 6.92 Å². The van der Waals surface area contributed by atoms with Crippen LogP contribution in [0.2, 0.25) is 0 Å². The molecule has 0 rings (SSSR count). The van der Waals surface area contributed by atoms with Gasteiger partial charge in [0.15, 0.2) is 0 Å². The van der Waals surface area contributed by atoms with Gasteiger partial charge < -0.3 is 14.6 Å². The minimum atomic E-state index is -0.637. The maximum atomic E-state index is 10.1. The van der Waals surface area contributed by atoms with Crippen LogP contribution in [0, 0.1) is 0 Å². The van der Waals surface area contributed by atoms with E-state index in [1.807, 2.05) is 6.92 Å². The molecule has 3 heteroatoms. The van der Waals surface area contributed by atoms with E-state index in [-0.39, 0.29) is 13.0 Å². The highest BCUT2D eigenvalue weighted by atomic mass is 16.5. The Morgan fingerprint density at radius 3 is 2.40 bits per heavy atom. The second kappa shape index (κ2) is 4.41. The van der Waals surface area contributed by atoms with Crippen LogP contribution in [0.3, 0.4) is 0 Å². The number of hydrogen-bond donors (Lipinski definition) is 1. The standard InChI is InChI=1S/C7H14O3/c1-3-7(6-9,10-2)4-5-8/h5,9H,3-4,6H2,1-2H3. The largest absolute Gasteiger partial charge is 0.393 e. The quantitative estimate of drug-likeness (QED) is 0.570. The molecule has 0 aromatic carbocycles. The van der Waals surface area contributed by atoms with E-state index in [0.717, 1.165) is 6.29 Å². The summed E-state index contributed by atoms with van der Waals surface area (Å²) in [5, 5.41) is 8.82. The minimum absolute atomic E-state index is 0.0985. The third kappa shape index (κ3) is 2.08. The SMILES string of the molecule is CCC(CO)(CC=O)OC. The first-order valence-electron chi connectivity index (χ1n) is 3.34. The van der Waals surface area contributed by atoms with E-state index < -0.39 is 5.60 Å². The fourth-order valence-corrected chi connectivity index (χ4v) is 0.765. The molecule has 0 aliphatic carbocycles. The highest BCUT2D eigenvalue weighted by Gasteiger charge is 2.25. The van der Waals surface area contributed by atoms with Gasteiger partial charge in [0.25, 0.3) is 0 Å². The first kappa shape index (κ1) is 9.59. The molecule has 1 N–H and O–H groups in total. The van der Waals surface area contributed by atoms with Crippen LogP contribution in [-0.4, -0.2) is 30.7 Å². The Bertz CT molecular complexity index is 88.8. The average Bonchev–Trinajstić information content (AvgIpc) is 2.01. The Labute approximate surface area is 61.0 Å². The molecule has 1 unspecified atom stereocenters. The van der Waals surface area contributed by atoms with Crippen molar-refractivity contribution in [1.82, 2.24) is 0 Å². The lowest BCUT2D eigenvalue weighted by molar-refractivity contribution is -0.117. The molecule has 0 amide bonds. The van der Waals surface area contributed by atoms with Crippen molar-refractivity contribution in [3.05, 3.63) is 0 Å². The molecule has 10 heavy (non-hydrogen) atoms. The molecule has 0 aromatic rings. The lowest BCUT2D eigenvalue weighted by Crippen LogP contribution is -2.35. The molecule has 0 saturated heterocycles. The first-order valence-corrected chi connectivity index (χ1v) is 3.34. The van der Waals surface area contributed by atoms with Gasteiger partial charge in [0.2, 0.25) is 0 Å². The van der Waals surface area contributed by atoms with Crippen LogP contribution in [0.4, 0.5) is 0 Å². The number of ether oxygens (including phenoxy) is 1. The zero-order chi connectivity index (χ0) is 8.04. The first-order chi connectivity index (χ1) is 4.74. The molecule has 3 nitrogen and oxygen atoms in total. The predicted octanol–water partition coefficient (Wildman–Crippen LogP) is 0.363. The summed E-state index contributed by atoms with van der Waals surface area (Å²) in [5.41, 5.74) is -0.637. The maximum absolute atomic E-state index is 10.1. The van der Waals surface area contributed by atoms with Crippen LogP contribution >= 0.6 is 0 Å². The van der Waals surface area contributed by atoms with E-state index >= 15 is 0 Å². The van der Waals surface area contributed by atoms with Crippen molar-refractivity contribution in [3.63, 3.8) is 0 Å².